The van der Waals surface area contributed by atoms with E-state index in [1.54, 1.807) is 0 Å². The van der Waals surface area contributed by atoms with Gasteiger partial charge in [0.1, 0.15) is 5.82 Å². The Kier molecular flexibility index (Phi) is 6.68. The Morgan fingerprint density at radius 1 is 1.33 bits per heavy atom. The van der Waals surface area contributed by atoms with E-state index in [0.717, 1.165) is 62.7 Å². The second-order valence-corrected chi connectivity index (χ2v) is 7.13. The van der Waals surface area contributed by atoms with E-state index in [9.17, 15) is 4.79 Å². The van der Waals surface area contributed by atoms with Gasteiger partial charge >= 0.3 is 0 Å². The van der Waals surface area contributed by atoms with Crippen molar-refractivity contribution in [1.29, 1.82) is 0 Å². The molecular weight excluding hydrogens is 340 g/mol. The number of aromatic nitrogens is 1. The van der Waals surface area contributed by atoms with Gasteiger partial charge in [-0.25, -0.2) is 9.98 Å². The lowest BCUT2D eigenvalue weighted by atomic mass is 9.96. The number of nitrogens with zero attached hydrogens (tertiary/aromatic N) is 3. The summed E-state index contributed by atoms with van der Waals surface area (Å²) in [5.74, 6) is 1.59. The topological polar surface area (TPSA) is 95.6 Å². The SMILES string of the molecule is CCNC(=NCc1cccnc1N1CCC(C(N)=O)CC1)NC1CC=CC1. The number of nitrogens with two attached hydrogens (primary N) is 1. The van der Waals surface area contributed by atoms with Gasteiger partial charge in [0.05, 0.1) is 6.54 Å². The van der Waals surface area contributed by atoms with Crippen LogP contribution in [0.1, 0.15) is 38.2 Å². The molecule has 1 aliphatic heterocycles. The van der Waals surface area contributed by atoms with Gasteiger partial charge in [-0.05, 0) is 38.7 Å². The molecule has 2 aliphatic rings. The molecule has 0 bridgehead atoms. The van der Waals surface area contributed by atoms with Crippen molar-refractivity contribution < 1.29 is 4.79 Å². The van der Waals surface area contributed by atoms with Crippen LogP contribution in [0.5, 0.6) is 0 Å². The monoisotopic (exact) mass is 370 g/mol. The Bertz CT molecular complexity index is 685. The third-order valence-electron chi connectivity index (χ3n) is 5.16. The number of amides is 1. The van der Waals surface area contributed by atoms with E-state index >= 15 is 0 Å². The van der Waals surface area contributed by atoms with E-state index in [0.29, 0.717) is 12.6 Å². The minimum atomic E-state index is -0.191. The van der Waals surface area contributed by atoms with E-state index in [1.807, 2.05) is 12.3 Å². The molecule has 0 atom stereocenters. The van der Waals surface area contributed by atoms with Crippen LogP contribution in [0.2, 0.25) is 0 Å². The highest BCUT2D eigenvalue weighted by atomic mass is 16.1. The molecule has 0 radical (unpaired) electrons. The number of piperidine rings is 1. The number of primary amides is 1. The normalized spacial score (nSPS) is 18.7. The molecule has 7 heteroatoms. The molecule has 7 nitrogen and oxygen atoms in total. The highest BCUT2D eigenvalue weighted by Crippen LogP contribution is 2.25. The molecule has 3 rings (SSSR count). The van der Waals surface area contributed by atoms with Gasteiger partial charge in [0.25, 0.3) is 0 Å². The van der Waals surface area contributed by atoms with E-state index in [2.05, 4.69) is 45.7 Å². The quantitative estimate of drug-likeness (QED) is 0.401. The maximum absolute atomic E-state index is 11.4. The van der Waals surface area contributed by atoms with Gasteiger partial charge in [0, 0.05) is 43.4 Å². The Hall–Kier alpha value is -2.57. The van der Waals surface area contributed by atoms with Crippen LogP contribution in [0.25, 0.3) is 0 Å². The predicted molar refractivity (Wildman–Crippen MR) is 108 cm³/mol. The summed E-state index contributed by atoms with van der Waals surface area (Å²) in [7, 11) is 0. The lowest BCUT2D eigenvalue weighted by Crippen LogP contribution is -2.42. The third-order valence-corrected chi connectivity index (χ3v) is 5.16. The summed E-state index contributed by atoms with van der Waals surface area (Å²) in [6, 6.07) is 4.45. The molecule has 1 aromatic heterocycles. The van der Waals surface area contributed by atoms with E-state index in [1.165, 1.54) is 0 Å². The van der Waals surface area contributed by atoms with Crippen molar-refractivity contribution in [3.8, 4) is 0 Å². The zero-order chi connectivity index (χ0) is 19.1. The molecule has 2 heterocycles. The number of carbonyl (C=O) groups excluding carboxylic acids is 1. The van der Waals surface area contributed by atoms with Crippen LogP contribution in [0.15, 0.2) is 35.5 Å². The largest absolute Gasteiger partial charge is 0.369 e. The van der Waals surface area contributed by atoms with Crippen molar-refractivity contribution in [1.82, 2.24) is 15.6 Å². The zero-order valence-electron chi connectivity index (χ0n) is 16.0. The first-order valence-electron chi connectivity index (χ1n) is 9.85. The Balaban J connectivity index is 1.66. The maximum atomic E-state index is 11.4. The molecular formula is C20H30N6O. The standard InChI is InChI=1S/C20H30N6O/c1-2-22-20(25-17-7-3-4-8-17)24-14-16-6-5-11-23-19(16)26-12-9-15(10-13-26)18(21)27/h3-6,11,15,17H,2,7-10,12-14H2,1H3,(H2,21,27)(H2,22,24,25). The fourth-order valence-corrected chi connectivity index (χ4v) is 3.63. The first-order chi connectivity index (χ1) is 13.2. The van der Waals surface area contributed by atoms with Crippen molar-refractivity contribution >= 4 is 17.7 Å². The van der Waals surface area contributed by atoms with Gasteiger partial charge < -0.3 is 21.3 Å². The summed E-state index contributed by atoms with van der Waals surface area (Å²) >= 11 is 0. The fourth-order valence-electron chi connectivity index (χ4n) is 3.63. The molecule has 146 valence electrons. The first kappa shape index (κ1) is 19.2. The molecule has 0 saturated carbocycles. The number of rotatable bonds is 6. The Morgan fingerprint density at radius 3 is 2.74 bits per heavy atom. The highest BCUT2D eigenvalue weighted by molar-refractivity contribution is 5.80. The molecule has 4 N–H and O–H groups in total. The highest BCUT2D eigenvalue weighted by Gasteiger charge is 2.25. The van der Waals surface area contributed by atoms with Crippen molar-refractivity contribution in [2.24, 2.45) is 16.6 Å². The smallest absolute Gasteiger partial charge is 0.220 e. The average molecular weight is 371 g/mol. The van der Waals surface area contributed by atoms with Crippen LogP contribution in [-0.2, 0) is 11.3 Å². The lowest BCUT2D eigenvalue weighted by Gasteiger charge is -2.32. The predicted octanol–water partition coefficient (Wildman–Crippen LogP) is 1.56. The van der Waals surface area contributed by atoms with Gasteiger partial charge in [-0.2, -0.15) is 0 Å². The number of carbonyl (C=O) groups is 1. The number of anilines is 1. The van der Waals surface area contributed by atoms with Crippen LogP contribution in [0.4, 0.5) is 5.82 Å². The summed E-state index contributed by atoms with van der Waals surface area (Å²) < 4.78 is 0. The molecule has 1 aliphatic carbocycles. The number of hydrogen-bond donors (Lipinski definition) is 3. The molecule has 0 spiro atoms. The number of guanidine groups is 1. The van der Waals surface area contributed by atoms with Crippen molar-refractivity contribution in [2.45, 2.75) is 45.2 Å². The van der Waals surface area contributed by atoms with Gasteiger partial charge in [0.15, 0.2) is 5.96 Å². The summed E-state index contributed by atoms with van der Waals surface area (Å²) in [6.07, 6.45) is 9.87. The summed E-state index contributed by atoms with van der Waals surface area (Å²) in [5, 5.41) is 6.82. The molecule has 1 amide bonds. The van der Waals surface area contributed by atoms with Crippen LogP contribution in [-0.4, -0.2) is 42.5 Å². The van der Waals surface area contributed by atoms with Gasteiger partial charge in [0.2, 0.25) is 5.91 Å². The fraction of sp³-hybridized carbons (Fsp3) is 0.550. The molecule has 1 aromatic rings. The second-order valence-electron chi connectivity index (χ2n) is 7.13. The summed E-state index contributed by atoms with van der Waals surface area (Å²) in [5.41, 5.74) is 6.54. The number of nitrogens with one attached hydrogen (secondary N) is 2. The third kappa shape index (κ3) is 5.21. The molecule has 1 saturated heterocycles. The number of aliphatic imine (C=N–C) groups is 1. The van der Waals surface area contributed by atoms with Gasteiger partial charge in [-0.15, -0.1) is 0 Å². The summed E-state index contributed by atoms with van der Waals surface area (Å²) in [6.45, 7) is 5.06. The number of hydrogen-bond acceptors (Lipinski definition) is 4. The molecule has 27 heavy (non-hydrogen) atoms. The lowest BCUT2D eigenvalue weighted by molar-refractivity contribution is -0.122. The minimum Gasteiger partial charge on any atom is -0.369 e. The van der Waals surface area contributed by atoms with Crippen LogP contribution >= 0.6 is 0 Å². The molecule has 0 unspecified atom stereocenters. The van der Waals surface area contributed by atoms with Crippen LogP contribution in [0, 0.1) is 5.92 Å². The molecule has 1 fully saturated rings. The first-order valence-corrected chi connectivity index (χ1v) is 9.85. The van der Waals surface area contributed by atoms with Crippen LogP contribution in [0.3, 0.4) is 0 Å². The Labute approximate surface area is 161 Å². The van der Waals surface area contributed by atoms with Crippen molar-refractivity contribution in [3.05, 3.63) is 36.0 Å². The molecule has 0 aromatic carbocycles. The maximum Gasteiger partial charge on any atom is 0.220 e. The zero-order valence-corrected chi connectivity index (χ0v) is 16.0. The van der Waals surface area contributed by atoms with Gasteiger partial charge in [-0.1, -0.05) is 18.2 Å². The van der Waals surface area contributed by atoms with E-state index < -0.39 is 0 Å². The van der Waals surface area contributed by atoms with Crippen molar-refractivity contribution in [3.63, 3.8) is 0 Å². The van der Waals surface area contributed by atoms with E-state index in [4.69, 9.17) is 10.7 Å². The Morgan fingerprint density at radius 2 is 2.07 bits per heavy atom. The minimum absolute atomic E-state index is 0.0176. The van der Waals surface area contributed by atoms with Crippen LogP contribution < -0.4 is 21.3 Å². The van der Waals surface area contributed by atoms with E-state index in [-0.39, 0.29) is 11.8 Å². The number of pyridine rings is 1. The van der Waals surface area contributed by atoms with Crippen molar-refractivity contribution in [2.75, 3.05) is 24.5 Å². The van der Waals surface area contributed by atoms with Gasteiger partial charge in [-0.3, -0.25) is 4.79 Å². The summed E-state index contributed by atoms with van der Waals surface area (Å²) in [4.78, 5) is 23.0. The average Bonchev–Trinajstić information content (AvgIpc) is 3.20. The second kappa shape index (κ2) is 9.39.